The number of halogens is 4. The molecule has 0 bridgehead atoms. The Morgan fingerprint density at radius 1 is 1.13 bits per heavy atom. The first-order chi connectivity index (χ1) is 10.8. The molecule has 0 saturated carbocycles. The van der Waals surface area contributed by atoms with Crippen molar-refractivity contribution in [2.24, 2.45) is 0 Å². The number of carboxylic acid groups (broad SMARTS) is 1. The Balaban J connectivity index is 2.38. The molecule has 8 heteroatoms. The maximum Gasteiger partial charge on any atom is 0.433 e. The van der Waals surface area contributed by atoms with Crippen molar-refractivity contribution in [2.75, 3.05) is 0 Å². The molecule has 0 atom stereocenters. The lowest BCUT2D eigenvalue weighted by atomic mass is 10.1. The Labute approximate surface area is 132 Å². The molecule has 1 N–H and O–H groups in total. The summed E-state index contributed by atoms with van der Waals surface area (Å²) in [6.45, 7) is 0. The SMILES string of the molecule is O=C(O)c1nn2c(C(F)(F)F)cc(-c3ccccc3)cc2c1Cl. The van der Waals surface area contributed by atoms with E-state index in [9.17, 15) is 18.0 Å². The van der Waals surface area contributed by atoms with Gasteiger partial charge in [0.1, 0.15) is 10.7 Å². The van der Waals surface area contributed by atoms with E-state index in [0.717, 1.165) is 6.07 Å². The number of fused-ring (bicyclic) bond motifs is 1. The van der Waals surface area contributed by atoms with Gasteiger partial charge in [0.05, 0.1) is 5.52 Å². The predicted molar refractivity (Wildman–Crippen MR) is 77.6 cm³/mol. The lowest BCUT2D eigenvalue weighted by Gasteiger charge is -2.11. The summed E-state index contributed by atoms with van der Waals surface area (Å²) in [7, 11) is 0. The molecule has 0 spiro atoms. The molecule has 2 aromatic heterocycles. The summed E-state index contributed by atoms with van der Waals surface area (Å²) in [4.78, 5) is 11.1. The predicted octanol–water partition coefficient (Wildman–Crippen LogP) is 4.37. The van der Waals surface area contributed by atoms with Crippen molar-refractivity contribution < 1.29 is 23.1 Å². The molecule has 2 heterocycles. The summed E-state index contributed by atoms with van der Waals surface area (Å²) in [5.41, 5.74) is -1.01. The summed E-state index contributed by atoms with van der Waals surface area (Å²) in [6.07, 6.45) is -4.71. The summed E-state index contributed by atoms with van der Waals surface area (Å²) in [5.74, 6) is -1.49. The van der Waals surface area contributed by atoms with Gasteiger partial charge in [-0.05, 0) is 23.3 Å². The number of aromatic carboxylic acids is 1. The molecule has 0 fully saturated rings. The largest absolute Gasteiger partial charge is 0.476 e. The quantitative estimate of drug-likeness (QED) is 0.753. The minimum absolute atomic E-state index is 0.113. The van der Waals surface area contributed by atoms with E-state index < -0.39 is 23.5 Å². The molecular weight excluding hydrogens is 333 g/mol. The normalized spacial score (nSPS) is 11.8. The molecule has 118 valence electrons. The number of alkyl halides is 3. The fourth-order valence-electron chi connectivity index (χ4n) is 2.25. The van der Waals surface area contributed by atoms with Crippen LogP contribution in [0.5, 0.6) is 0 Å². The summed E-state index contributed by atoms with van der Waals surface area (Å²) in [6, 6.07) is 10.7. The second-order valence-electron chi connectivity index (χ2n) is 4.76. The zero-order chi connectivity index (χ0) is 16.8. The van der Waals surface area contributed by atoms with Crippen LogP contribution in [0.2, 0.25) is 5.02 Å². The van der Waals surface area contributed by atoms with Gasteiger partial charge in [-0.2, -0.15) is 18.3 Å². The van der Waals surface area contributed by atoms with Gasteiger partial charge in [-0.15, -0.1) is 0 Å². The van der Waals surface area contributed by atoms with Crippen LogP contribution in [0.4, 0.5) is 13.2 Å². The molecule has 1 aromatic carbocycles. The number of aromatic nitrogens is 2. The van der Waals surface area contributed by atoms with Crippen LogP contribution in [-0.2, 0) is 6.18 Å². The van der Waals surface area contributed by atoms with E-state index in [1.54, 1.807) is 30.3 Å². The second kappa shape index (κ2) is 5.27. The van der Waals surface area contributed by atoms with Gasteiger partial charge in [0, 0.05) is 0 Å². The van der Waals surface area contributed by atoms with Crippen LogP contribution < -0.4 is 0 Å². The van der Waals surface area contributed by atoms with Crippen LogP contribution in [-0.4, -0.2) is 20.7 Å². The summed E-state index contributed by atoms with van der Waals surface area (Å²) in [5, 5.41) is 12.2. The Kier molecular flexibility index (Phi) is 3.52. The lowest BCUT2D eigenvalue weighted by molar-refractivity contribution is -0.142. The standard InChI is InChI=1S/C15H8ClF3N2O2/c16-12-10-6-9(8-4-2-1-3-5-8)7-11(15(17,18)19)21(10)20-13(12)14(22)23/h1-7H,(H,22,23). The molecule has 23 heavy (non-hydrogen) atoms. The van der Waals surface area contributed by atoms with Crippen LogP contribution in [0.15, 0.2) is 42.5 Å². The first kappa shape index (κ1) is 15.4. The first-order valence-electron chi connectivity index (χ1n) is 6.37. The van der Waals surface area contributed by atoms with Crippen molar-refractivity contribution in [1.82, 2.24) is 9.61 Å². The Morgan fingerprint density at radius 3 is 2.35 bits per heavy atom. The topological polar surface area (TPSA) is 54.6 Å². The third-order valence-corrected chi connectivity index (χ3v) is 3.65. The molecule has 3 rings (SSSR count). The van der Waals surface area contributed by atoms with E-state index in [2.05, 4.69) is 5.10 Å². The smallest absolute Gasteiger partial charge is 0.433 e. The average molecular weight is 341 g/mol. The van der Waals surface area contributed by atoms with Crippen LogP contribution in [0.3, 0.4) is 0 Å². The number of hydrogen-bond donors (Lipinski definition) is 1. The van der Waals surface area contributed by atoms with Gasteiger partial charge in [-0.1, -0.05) is 41.9 Å². The van der Waals surface area contributed by atoms with Gasteiger partial charge in [0.15, 0.2) is 5.69 Å². The number of pyridine rings is 1. The number of benzene rings is 1. The van der Waals surface area contributed by atoms with Crippen molar-refractivity contribution in [3.63, 3.8) is 0 Å². The van der Waals surface area contributed by atoms with Crippen molar-refractivity contribution in [3.8, 4) is 11.1 Å². The molecular formula is C15H8ClF3N2O2. The van der Waals surface area contributed by atoms with Gasteiger partial charge in [0.2, 0.25) is 0 Å². The Hall–Kier alpha value is -2.54. The van der Waals surface area contributed by atoms with E-state index in [0.29, 0.717) is 10.1 Å². The zero-order valence-corrected chi connectivity index (χ0v) is 12.1. The minimum atomic E-state index is -4.71. The van der Waals surface area contributed by atoms with E-state index in [-0.39, 0.29) is 16.1 Å². The van der Waals surface area contributed by atoms with Gasteiger partial charge in [0.25, 0.3) is 0 Å². The highest BCUT2D eigenvalue weighted by Crippen LogP contribution is 2.36. The van der Waals surface area contributed by atoms with Crippen molar-refractivity contribution in [2.45, 2.75) is 6.18 Å². The first-order valence-corrected chi connectivity index (χ1v) is 6.75. The van der Waals surface area contributed by atoms with E-state index in [1.807, 2.05) is 0 Å². The highest BCUT2D eigenvalue weighted by Gasteiger charge is 2.36. The molecule has 0 unspecified atom stereocenters. The molecule has 0 aliphatic heterocycles. The molecule has 0 aliphatic rings. The van der Waals surface area contributed by atoms with Crippen LogP contribution >= 0.6 is 11.6 Å². The van der Waals surface area contributed by atoms with Crippen LogP contribution in [0.1, 0.15) is 16.2 Å². The number of carbonyl (C=O) groups is 1. The van der Waals surface area contributed by atoms with Gasteiger partial charge >= 0.3 is 12.1 Å². The fraction of sp³-hybridized carbons (Fsp3) is 0.0667. The van der Waals surface area contributed by atoms with Crippen molar-refractivity contribution in [3.05, 3.63) is 58.9 Å². The van der Waals surface area contributed by atoms with E-state index in [1.165, 1.54) is 6.07 Å². The molecule has 0 amide bonds. The zero-order valence-electron chi connectivity index (χ0n) is 11.3. The van der Waals surface area contributed by atoms with Crippen molar-refractivity contribution in [1.29, 1.82) is 0 Å². The third-order valence-electron chi connectivity index (χ3n) is 3.27. The van der Waals surface area contributed by atoms with Crippen molar-refractivity contribution >= 4 is 23.1 Å². The maximum atomic E-state index is 13.3. The third kappa shape index (κ3) is 2.63. The van der Waals surface area contributed by atoms with Gasteiger partial charge < -0.3 is 5.11 Å². The van der Waals surface area contributed by atoms with E-state index in [4.69, 9.17) is 16.7 Å². The fourth-order valence-corrected chi connectivity index (χ4v) is 2.51. The van der Waals surface area contributed by atoms with Crippen LogP contribution in [0, 0.1) is 0 Å². The molecule has 0 saturated heterocycles. The number of nitrogens with zero attached hydrogens (tertiary/aromatic N) is 2. The highest BCUT2D eigenvalue weighted by atomic mass is 35.5. The van der Waals surface area contributed by atoms with Gasteiger partial charge in [-0.3, -0.25) is 0 Å². The highest BCUT2D eigenvalue weighted by molar-refractivity contribution is 6.36. The number of carboxylic acids is 1. The maximum absolute atomic E-state index is 13.3. The Morgan fingerprint density at radius 2 is 1.78 bits per heavy atom. The minimum Gasteiger partial charge on any atom is -0.476 e. The van der Waals surface area contributed by atoms with Crippen LogP contribution in [0.25, 0.3) is 16.6 Å². The monoisotopic (exact) mass is 340 g/mol. The molecule has 4 nitrogen and oxygen atoms in total. The second-order valence-corrected chi connectivity index (χ2v) is 5.14. The lowest BCUT2D eigenvalue weighted by Crippen LogP contribution is -2.13. The number of rotatable bonds is 2. The van der Waals surface area contributed by atoms with E-state index >= 15 is 0 Å². The number of hydrogen-bond acceptors (Lipinski definition) is 2. The average Bonchev–Trinajstić information content (AvgIpc) is 2.84. The van der Waals surface area contributed by atoms with Gasteiger partial charge in [-0.25, -0.2) is 9.31 Å². The molecule has 3 aromatic rings. The molecule has 0 aliphatic carbocycles. The summed E-state index contributed by atoms with van der Waals surface area (Å²) >= 11 is 5.90. The molecule has 0 radical (unpaired) electrons. The Bertz CT molecular complexity index is 904. The summed E-state index contributed by atoms with van der Waals surface area (Å²) < 4.78 is 40.4.